The molecule has 0 radical (unpaired) electrons. The molecule has 0 aromatic heterocycles. The molecular formula is C13H25NO2. The minimum Gasteiger partial charge on any atom is -0.459 e. The van der Waals surface area contributed by atoms with Gasteiger partial charge in [-0.2, -0.15) is 0 Å². The summed E-state index contributed by atoms with van der Waals surface area (Å²) in [5.41, 5.74) is -0.362. The number of likely N-dealkylation sites (tertiary alicyclic amines) is 1. The second kappa shape index (κ2) is 5.67. The van der Waals surface area contributed by atoms with Crippen LogP contribution >= 0.6 is 0 Å². The van der Waals surface area contributed by atoms with Crippen LogP contribution in [0.4, 0.5) is 0 Å². The van der Waals surface area contributed by atoms with Crippen molar-refractivity contribution in [2.24, 2.45) is 5.92 Å². The van der Waals surface area contributed by atoms with E-state index in [2.05, 4.69) is 11.8 Å². The smallest absolute Gasteiger partial charge is 0.320 e. The SMILES string of the molecule is CCC1CCN(CC(=O)OC(C)(C)C)CC1. The summed E-state index contributed by atoms with van der Waals surface area (Å²) in [6.07, 6.45) is 3.71. The van der Waals surface area contributed by atoms with E-state index in [0.29, 0.717) is 6.54 Å². The summed E-state index contributed by atoms with van der Waals surface area (Å²) in [4.78, 5) is 13.8. The lowest BCUT2D eigenvalue weighted by Gasteiger charge is -2.31. The Kier molecular flexibility index (Phi) is 4.78. The van der Waals surface area contributed by atoms with Crippen LogP contribution in [0.25, 0.3) is 0 Å². The van der Waals surface area contributed by atoms with E-state index in [1.807, 2.05) is 20.8 Å². The minimum atomic E-state index is -0.362. The molecule has 3 heteroatoms. The van der Waals surface area contributed by atoms with Gasteiger partial charge in [0.1, 0.15) is 5.60 Å². The van der Waals surface area contributed by atoms with Crippen LogP contribution in [-0.4, -0.2) is 36.1 Å². The number of hydrogen-bond donors (Lipinski definition) is 0. The zero-order valence-corrected chi connectivity index (χ0v) is 11.1. The van der Waals surface area contributed by atoms with Gasteiger partial charge in [0.15, 0.2) is 0 Å². The van der Waals surface area contributed by atoms with Crippen LogP contribution < -0.4 is 0 Å². The highest BCUT2D eigenvalue weighted by molar-refractivity contribution is 5.72. The highest BCUT2D eigenvalue weighted by Crippen LogP contribution is 2.19. The maximum absolute atomic E-state index is 11.6. The lowest BCUT2D eigenvalue weighted by molar-refractivity contribution is -0.156. The number of rotatable bonds is 3. The van der Waals surface area contributed by atoms with Crippen molar-refractivity contribution >= 4 is 5.97 Å². The van der Waals surface area contributed by atoms with Crippen LogP contribution in [0.1, 0.15) is 47.0 Å². The maximum Gasteiger partial charge on any atom is 0.320 e. The second-order valence-corrected chi connectivity index (χ2v) is 5.71. The number of ether oxygens (including phenoxy) is 1. The Balaban J connectivity index is 2.26. The van der Waals surface area contributed by atoms with Gasteiger partial charge in [0.2, 0.25) is 0 Å². The number of carbonyl (C=O) groups excluding carboxylic acids is 1. The third-order valence-corrected chi connectivity index (χ3v) is 3.06. The lowest BCUT2D eigenvalue weighted by atomic mass is 9.94. The number of esters is 1. The van der Waals surface area contributed by atoms with Crippen molar-refractivity contribution in [3.05, 3.63) is 0 Å². The van der Waals surface area contributed by atoms with Crippen molar-refractivity contribution in [3.63, 3.8) is 0 Å². The first-order valence-electron chi connectivity index (χ1n) is 6.35. The molecule has 1 aliphatic rings. The number of piperidine rings is 1. The van der Waals surface area contributed by atoms with Crippen LogP contribution in [0.2, 0.25) is 0 Å². The van der Waals surface area contributed by atoms with E-state index < -0.39 is 0 Å². The average molecular weight is 227 g/mol. The Morgan fingerprint density at radius 1 is 1.31 bits per heavy atom. The Morgan fingerprint density at radius 3 is 2.31 bits per heavy atom. The fourth-order valence-electron chi connectivity index (χ4n) is 2.11. The Hall–Kier alpha value is -0.570. The molecule has 94 valence electrons. The molecule has 0 amide bonds. The fourth-order valence-corrected chi connectivity index (χ4v) is 2.11. The predicted molar refractivity (Wildman–Crippen MR) is 65.3 cm³/mol. The molecule has 0 saturated carbocycles. The molecule has 0 atom stereocenters. The molecule has 1 heterocycles. The van der Waals surface area contributed by atoms with Crippen molar-refractivity contribution in [2.75, 3.05) is 19.6 Å². The minimum absolute atomic E-state index is 0.0950. The summed E-state index contributed by atoms with van der Waals surface area (Å²) in [7, 11) is 0. The zero-order chi connectivity index (χ0) is 12.2. The molecule has 0 aliphatic carbocycles. The first-order chi connectivity index (χ1) is 7.40. The monoisotopic (exact) mass is 227 g/mol. The van der Waals surface area contributed by atoms with Gasteiger partial charge in [0, 0.05) is 0 Å². The van der Waals surface area contributed by atoms with Crippen LogP contribution in [0.5, 0.6) is 0 Å². The van der Waals surface area contributed by atoms with Crippen molar-refractivity contribution in [2.45, 2.75) is 52.6 Å². The molecule has 1 fully saturated rings. The van der Waals surface area contributed by atoms with Gasteiger partial charge in [-0.05, 0) is 52.6 Å². The molecule has 0 bridgehead atoms. The highest BCUT2D eigenvalue weighted by atomic mass is 16.6. The van der Waals surface area contributed by atoms with Crippen molar-refractivity contribution < 1.29 is 9.53 Å². The number of nitrogens with zero attached hydrogens (tertiary/aromatic N) is 1. The summed E-state index contributed by atoms with van der Waals surface area (Å²) in [5.74, 6) is 0.761. The molecule has 0 spiro atoms. The molecule has 0 aromatic rings. The van der Waals surface area contributed by atoms with E-state index in [-0.39, 0.29) is 11.6 Å². The standard InChI is InChI=1S/C13H25NO2/c1-5-11-6-8-14(9-7-11)10-12(15)16-13(2,3)4/h11H,5-10H2,1-4H3. The van der Waals surface area contributed by atoms with E-state index in [4.69, 9.17) is 4.74 Å². The summed E-state index contributed by atoms with van der Waals surface area (Å²) < 4.78 is 5.31. The topological polar surface area (TPSA) is 29.5 Å². The third-order valence-electron chi connectivity index (χ3n) is 3.06. The van der Waals surface area contributed by atoms with Crippen LogP contribution in [-0.2, 0) is 9.53 Å². The normalized spacial score (nSPS) is 19.8. The van der Waals surface area contributed by atoms with Crippen LogP contribution in [0, 0.1) is 5.92 Å². The summed E-state index contributed by atoms with van der Waals surface area (Å²) >= 11 is 0. The van der Waals surface area contributed by atoms with Crippen LogP contribution in [0.15, 0.2) is 0 Å². The van der Waals surface area contributed by atoms with E-state index in [1.165, 1.54) is 19.3 Å². The summed E-state index contributed by atoms with van der Waals surface area (Å²) in [5, 5.41) is 0. The first kappa shape index (κ1) is 13.5. The molecule has 1 aliphatic heterocycles. The molecule has 0 unspecified atom stereocenters. The molecule has 1 rings (SSSR count). The summed E-state index contributed by atoms with van der Waals surface area (Å²) in [6, 6.07) is 0. The second-order valence-electron chi connectivity index (χ2n) is 5.71. The van der Waals surface area contributed by atoms with Crippen molar-refractivity contribution in [3.8, 4) is 0 Å². The van der Waals surface area contributed by atoms with E-state index in [0.717, 1.165) is 19.0 Å². The Labute approximate surface area is 99.1 Å². The summed E-state index contributed by atoms with van der Waals surface area (Å²) in [6.45, 7) is 10.5. The molecule has 3 nitrogen and oxygen atoms in total. The maximum atomic E-state index is 11.6. The number of carbonyl (C=O) groups is 1. The van der Waals surface area contributed by atoms with Crippen molar-refractivity contribution in [1.29, 1.82) is 0 Å². The van der Waals surface area contributed by atoms with Gasteiger partial charge in [0.25, 0.3) is 0 Å². The molecular weight excluding hydrogens is 202 g/mol. The van der Waals surface area contributed by atoms with Crippen LogP contribution in [0.3, 0.4) is 0 Å². The van der Waals surface area contributed by atoms with E-state index >= 15 is 0 Å². The third kappa shape index (κ3) is 4.97. The highest BCUT2D eigenvalue weighted by Gasteiger charge is 2.22. The van der Waals surface area contributed by atoms with Gasteiger partial charge in [-0.1, -0.05) is 13.3 Å². The fraction of sp³-hybridized carbons (Fsp3) is 0.923. The predicted octanol–water partition coefficient (Wildman–Crippen LogP) is 2.45. The molecule has 16 heavy (non-hydrogen) atoms. The van der Waals surface area contributed by atoms with Gasteiger partial charge >= 0.3 is 5.97 Å². The molecule has 0 aromatic carbocycles. The Bertz CT molecular complexity index is 225. The van der Waals surface area contributed by atoms with Gasteiger partial charge in [-0.25, -0.2) is 0 Å². The first-order valence-corrected chi connectivity index (χ1v) is 6.35. The largest absolute Gasteiger partial charge is 0.459 e. The Morgan fingerprint density at radius 2 is 1.88 bits per heavy atom. The van der Waals surface area contributed by atoms with Gasteiger partial charge in [0.05, 0.1) is 6.54 Å². The number of hydrogen-bond acceptors (Lipinski definition) is 3. The quantitative estimate of drug-likeness (QED) is 0.694. The van der Waals surface area contributed by atoms with Gasteiger partial charge in [-0.15, -0.1) is 0 Å². The van der Waals surface area contributed by atoms with E-state index in [1.54, 1.807) is 0 Å². The van der Waals surface area contributed by atoms with Gasteiger partial charge in [-0.3, -0.25) is 9.69 Å². The van der Waals surface area contributed by atoms with Crippen molar-refractivity contribution in [1.82, 2.24) is 4.90 Å². The molecule has 0 N–H and O–H groups in total. The lowest BCUT2D eigenvalue weighted by Crippen LogP contribution is -2.39. The van der Waals surface area contributed by atoms with Gasteiger partial charge < -0.3 is 4.74 Å². The molecule has 1 saturated heterocycles. The average Bonchev–Trinajstić information content (AvgIpc) is 2.16. The van der Waals surface area contributed by atoms with E-state index in [9.17, 15) is 4.79 Å². The zero-order valence-electron chi connectivity index (χ0n) is 11.1.